The molecule has 0 spiro atoms. The summed E-state index contributed by atoms with van der Waals surface area (Å²) in [5.41, 5.74) is 0. The van der Waals surface area contributed by atoms with Crippen LogP contribution in [0.25, 0.3) is 0 Å². The van der Waals surface area contributed by atoms with E-state index in [-0.39, 0.29) is 0 Å². The molecular weight excluding hydrogens is 152 g/mol. The van der Waals surface area contributed by atoms with Gasteiger partial charge in [0.15, 0.2) is 0 Å². The summed E-state index contributed by atoms with van der Waals surface area (Å²) in [4.78, 5) is 0. The van der Waals surface area contributed by atoms with Crippen LogP contribution < -0.4 is 0 Å². The molecule has 0 radical (unpaired) electrons. The molecule has 0 saturated carbocycles. The molecule has 0 amide bonds. The summed E-state index contributed by atoms with van der Waals surface area (Å²) in [7, 11) is 0. The van der Waals surface area contributed by atoms with E-state index < -0.39 is 0 Å². The SMILES string of the molecule is CCCCOCC.CCOCC. The summed E-state index contributed by atoms with van der Waals surface area (Å²) < 4.78 is 9.91. The number of ether oxygens (including phenoxy) is 2. The van der Waals surface area contributed by atoms with E-state index in [2.05, 4.69) is 6.92 Å². The molecular formula is C10H24O2. The Morgan fingerprint density at radius 1 is 0.750 bits per heavy atom. The molecule has 0 saturated heterocycles. The van der Waals surface area contributed by atoms with Crippen LogP contribution in [-0.2, 0) is 9.47 Å². The minimum Gasteiger partial charge on any atom is -0.382 e. The van der Waals surface area contributed by atoms with Gasteiger partial charge in [0.2, 0.25) is 0 Å². The van der Waals surface area contributed by atoms with E-state index in [9.17, 15) is 0 Å². The molecule has 0 aromatic heterocycles. The van der Waals surface area contributed by atoms with E-state index >= 15 is 0 Å². The summed E-state index contributed by atoms with van der Waals surface area (Å²) in [5.74, 6) is 0. The van der Waals surface area contributed by atoms with Crippen LogP contribution in [0.15, 0.2) is 0 Å². The van der Waals surface area contributed by atoms with Crippen molar-refractivity contribution in [2.24, 2.45) is 0 Å². The standard InChI is InChI=1S/C6H14O.C4H10O/c1-3-5-6-7-4-2;1-3-5-4-2/h3-6H2,1-2H3;3-4H2,1-2H3. The lowest BCUT2D eigenvalue weighted by Crippen LogP contribution is -1.90. The maximum Gasteiger partial charge on any atom is 0.0465 e. The molecule has 0 bridgehead atoms. The van der Waals surface area contributed by atoms with Crippen molar-refractivity contribution in [2.75, 3.05) is 26.4 Å². The first-order valence-corrected chi connectivity index (χ1v) is 4.98. The number of rotatable bonds is 6. The fourth-order valence-corrected chi connectivity index (χ4v) is 0.595. The molecule has 0 aromatic rings. The van der Waals surface area contributed by atoms with Crippen molar-refractivity contribution >= 4 is 0 Å². The molecule has 0 atom stereocenters. The van der Waals surface area contributed by atoms with E-state index in [1.807, 2.05) is 20.8 Å². The highest BCUT2D eigenvalue weighted by atomic mass is 16.5. The Morgan fingerprint density at radius 2 is 1.25 bits per heavy atom. The molecule has 0 rings (SSSR count). The van der Waals surface area contributed by atoms with Gasteiger partial charge in [-0.05, 0) is 27.2 Å². The van der Waals surface area contributed by atoms with Gasteiger partial charge in [0.25, 0.3) is 0 Å². The fraction of sp³-hybridized carbons (Fsp3) is 1.00. The van der Waals surface area contributed by atoms with Crippen LogP contribution in [0, 0.1) is 0 Å². The van der Waals surface area contributed by atoms with E-state index in [1.54, 1.807) is 0 Å². The predicted octanol–water partition coefficient (Wildman–Crippen LogP) is 2.87. The van der Waals surface area contributed by atoms with Gasteiger partial charge in [-0.1, -0.05) is 13.3 Å². The van der Waals surface area contributed by atoms with Crippen LogP contribution in [0.1, 0.15) is 40.5 Å². The van der Waals surface area contributed by atoms with E-state index in [0.717, 1.165) is 26.4 Å². The van der Waals surface area contributed by atoms with Gasteiger partial charge in [0.1, 0.15) is 0 Å². The van der Waals surface area contributed by atoms with Gasteiger partial charge in [-0.15, -0.1) is 0 Å². The first-order valence-electron chi connectivity index (χ1n) is 4.98. The van der Waals surface area contributed by atoms with Crippen molar-refractivity contribution in [2.45, 2.75) is 40.5 Å². The molecule has 0 fully saturated rings. The highest BCUT2D eigenvalue weighted by Crippen LogP contribution is 1.85. The van der Waals surface area contributed by atoms with Crippen molar-refractivity contribution < 1.29 is 9.47 Å². The third-order valence-electron chi connectivity index (χ3n) is 1.25. The van der Waals surface area contributed by atoms with Crippen LogP contribution >= 0.6 is 0 Å². The minimum atomic E-state index is 0.844. The molecule has 0 aliphatic carbocycles. The molecule has 2 heteroatoms. The first kappa shape index (κ1) is 14.4. The molecule has 0 aliphatic heterocycles. The zero-order valence-electron chi connectivity index (χ0n) is 9.06. The normalized spacial score (nSPS) is 9.00. The second-order valence-corrected chi connectivity index (χ2v) is 2.33. The summed E-state index contributed by atoms with van der Waals surface area (Å²) in [6.45, 7) is 11.7. The maximum atomic E-state index is 5.07. The van der Waals surface area contributed by atoms with Crippen LogP contribution in [-0.4, -0.2) is 26.4 Å². The smallest absolute Gasteiger partial charge is 0.0465 e. The van der Waals surface area contributed by atoms with Gasteiger partial charge in [0, 0.05) is 26.4 Å². The fourth-order valence-electron chi connectivity index (χ4n) is 0.595. The predicted molar refractivity (Wildman–Crippen MR) is 53.6 cm³/mol. The number of hydrogen-bond acceptors (Lipinski definition) is 2. The summed E-state index contributed by atoms with van der Waals surface area (Å²) in [6, 6.07) is 0. The maximum absolute atomic E-state index is 5.07. The molecule has 2 nitrogen and oxygen atoms in total. The highest BCUT2D eigenvalue weighted by Gasteiger charge is 1.78. The van der Waals surface area contributed by atoms with Gasteiger partial charge in [-0.2, -0.15) is 0 Å². The topological polar surface area (TPSA) is 18.5 Å². The second-order valence-electron chi connectivity index (χ2n) is 2.33. The van der Waals surface area contributed by atoms with Crippen molar-refractivity contribution in [1.82, 2.24) is 0 Å². The van der Waals surface area contributed by atoms with E-state index in [4.69, 9.17) is 9.47 Å². The zero-order valence-corrected chi connectivity index (χ0v) is 9.06. The summed E-state index contributed by atoms with van der Waals surface area (Å²) in [6.07, 6.45) is 2.44. The van der Waals surface area contributed by atoms with Crippen molar-refractivity contribution in [1.29, 1.82) is 0 Å². The Balaban J connectivity index is 0. The molecule has 12 heavy (non-hydrogen) atoms. The van der Waals surface area contributed by atoms with E-state index in [0.29, 0.717) is 0 Å². The Hall–Kier alpha value is -0.0800. The lowest BCUT2D eigenvalue weighted by atomic mass is 10.4. The summed E-state index contributed by atoms with van der Waals surface area (Å²) >= 11 is 0. The average molecular weight is 176 g/mol. The lowest BCUT2D eigenvalue weighted by molar-refractivity contribution is 0.144. The van der Waals surface area contributed by atoms with Crippen molar-refractivity contribution in [3.63, 3.8) is 0 Å². The zero-order chi connectivity index (χ0) is 9.66. The van der Waals surface area contributed by atoms with Gasteiger partial charge in [-0.3, -0.25) is 0 Å². The molecule has 0 unspecified atom stereocenters. The molecule has 0 aromatic carbocycles. The third kappa shape index (κ3) is 22.5. The first-order chi connectivity index (χ1) is 5.83. The quantitative estimate of drug-likeness (QED) is 0.579. The van der Waals surface area contributed by atoms with Gasteiger partial charge in [-0.25, -0.2) is 0 Å². The molecule has 0 N–H and O–H groups in total. The van der Waals surface area contributed by atoms with Gasteiger partial charge in [0.05, 0.1) is 0 Å². The molecule has 0 aliphatic rings. The monoisotopic (exact) mass is 176 g/mol. The van der Waals surface area contributed by atoms with Crippen LogP contribution in [0.3, 0.4) is 0 Å². The Kier molecular flexibility index (Phi) is 20.6. The Morgan fingerprint density at radius 3 is 1.50 bits per heavy atom. The Bertz CT molecular complexity index is 49.8. The van der Waals surface area contributed by atoms with Gasteiger partial charge >= 0.3 is 0 Å². The van der Waals surface area contributed by atoms with Crippen LogP contribution in [0.4, 0.5) is 0 Å². The lowest BCUT2D eigenvalue weighted by Gasteiger charge is -1.94. The Labute approximate surface area is 77.3 Å². The van der Waals surface area contributed by atoms with Crippen molar-refractivity contribution in [3.05, 3.63) is 0 Å². The summed E-state index contributed by atoms with van der Waals surface area (Å²) in [5, 5.41) is 0. The van der Waals surface area contributed by atoms with Gasteiger partial charge < -0.3 is 9.47 Å². The van der Waals surface area contributed by atoms with E-state index in [1.165, 1.54) is 12.8 Å². The third-order valence-corrected chi connectivity index (χ3v) is 1.25. The number of unbranched alkanes of at least 4 members (excludes halogenated alkanes) is 1. The van der Waals surface area contributed by atoms with Crippen LogP contribution in [0.2, 0.25) is 0 Å². The largest absolute Gasteiger partial charge is 0.382 e. The molecule has 0 heterocycles. The second kappa shape index (κ2) is 17.1. The highest BCUT2D eigenvalue weighted by molar-refractivity contribution is 4.28. The minimum absolute atomic E-state index is 0.844. The molecule has 76 valence electrons. The number of hydrogen-bond donors (Lipinski definition) is 0. The van der Waals surface area contributed by atoms with Crippen molar-refractivity contribution in [3.8, 4) is 0 Å². The average Bonchev–Trinajstić information content (AvgIpc) is 2.08. The van der Waals surface area contributed by atoms with Crippen LogP contribution in [0.5, 0.6) is 0 Å².